The second kappa shape index (κ2) is 9.26. The van der Waals surface area contributed by atoms with Crippen molar-refractivity contribution in [1.29, 1.82) is 0 Å². The number of phenolic OH excluding ortho intramolecular Hbond substituents is 1. The molecule has 0 aliphatic carbocycles. The first-order valence-corrected chi connectivity index (χ1v) is 11.3. The summed E-state index contributed by atoms with van der Waals surface area (Å²) in [4.78, 5) is 28.3. The van der Waals surface area contributed by atoms with Gasteiger partial charge in [-0.25, -0.2) is 9.48 Å². The van der Waals surface area contributed by atoms with E-state index in [1.807, 2.05) is 25.1 Å². The van der Waals surface area contributed by atoms with Gasteiger partial charge in [0.05, 0.1) is 16.9 Å². The van der Waals surface area contributed by atoms with E-state index in [9.17, 15) is 19.8 Å². The molecule has 36 heavy (non-hydrogen) atoms. The summed E-state index contributed by atoms with van der Waals surface area (Å²) in [6.07, 6.45) is 2.68. The van der Waals surface area contributed by atoms with E-state index in [1.165, 1.54) is 28.7 Å². The van der Waals surface area contributed by atoms with Gasteiger partial charge in [0, 0.05) is 23.5 Å². The maximum atomic E-state index is 13.1. The van der Waals surface area contributed by atoms with Crippen molar-refractivity contribution < 1.29 is 15.0 Å². The number of aromatic amines is 1. The van der Waals surface area contributed by atoms with E-state index in [0.29, 0.717) is 22.5 Å². The number of benzene rings is 2. The number of H-pyrrole nitrogens is 1. The quantitative estimate of drug-likeness (QED) is 0.300. The predicted molar refractivity (Wildman–Crippen MR) is 137 cm³/mol. The number of azo groups is 1. The van der Waals surface area contributed by atoms with E-state index in [1.54, 1.807) is 25.1 Å². The lowest BCUT2D eigenvalue weighted by molar-refractivity contribution is 0.0696. The van der Waals surface area contributed by atoms with Crippen LogP contribution in [0.1, 0.15) is 48.0 Å². The lowest BCUT2D eigenvalue weighted by Gasteiger charge is -2.22. The molecule has 0 radical (unpaired) electrons. The molecule has 0 atom stereocenters. The van der Waals surface area contributed by atoms with Crippen molar-refractivity contribution in [2.45, 2.75) is 40.0 Å². The molecule has 184 valence electrons. The van der Waals surface area contributed by atoms with Crippen molar-refractivity contribution in [3.63, 3.8) is 0 Å². The highest BCUT2D eigenvalue weighted by molar-refractivity contribution is 5.89. The van der Waals surface area contributed by atoms with Crippen molar-refractivity contribution in [1.82, 2.24) is 14.8 Å². The van der Waals surface area contributed by atoms with Gasteiger partial charge >= 0.3 is 5.97 Å². The summed E-state index contributed by atoms with van der Waals surface area (Å²) in [6, 6.07) is 12.1. The summed E-state index contributed by atoms with van der Waals surface area (Å²) in [7, 11) is 0. The SMILES string of the molecule is Cc1cc(-n2[nH]c(C)c(N=Nc3cccc(-c4cncc(C(=O)O)c4)c3O)c2=O)ccc1C(C)(C)C. The van der Waals surface area contributed by atoms with Crippen LogP contribution in [0.3, 0.4) is 0 Å². The Labute approximate surface area is 207 Å². The van der Waals surface area contributed by atoms with Gasteiger partial charge < -0.3 is 10.2 Å². The number of aromatic hydroxyl groups is 1. The summed E-state index contributed by atoms with van der Waals surface area (Å²) in [5, 5.41) is 31.3. The monoisotopic (exact) mass is 485 g/mol. The van der Waals surface area contributed by atoms with E-state index in [-0.39, 0.29) is 33.7 Å². The largest absolute Gasteiger partial charge is 0.505 e. The zero-order chi connectivity index (χ0) is 26.2. The summed E-state index contributed by atoms with van der Waals surface area (Å²) in [5.74, 6) is -1.32. The number of aryl methyl sites for hydroxylation is 2. The van der Waals surface area contributed by atoms with Gasteiger partial charge in [0.1, 0.15) is 5.69 Å². The number of nitrogens with zero attached hydrogens (tertiary/aromatic N) is 4. The van der Waals surface area contributed by atoms with Gasteiger partial charge in [-0.2, -0.15) is 0 Å². The third-order valence-electron chi connectivity index (χ3n) is 5.89. The molecule has 0 fully saturated rings. The minimum atomic E-state index is -1.12. The lowest BCUT2D eigenvalue weighted by atomic mass is 9.84. The van der Waals surface area contributed by atoms with Gasteiger partial charge in [-0.05, 0) is 54.7 Å². The second-order valence-corrected chi connectivity index (χ2v) is 9.62. The number of pyridine rings is 1. The molecule has 0 unspecified atom stereocenters. The number of aromatic carboxylic acids is 1. The minimum absolute atomic E-state index is 0.00630. The van der Waals surface area contributed by atoms with Crippen LogP contribution in [0.2, 0.25) is 0 Å². The first-order valence-electron chi connectivity index (χ1n) is 11.3. The fraction of sp³-hybridized carbons (Fsp3) is 0.222. The Morgan fingerprint density at radius 3 is 2.47 bits per heavy atom. The van der Waals surface area contributed by atoms with Crippen LogP contribution in [0.15, 0.2) is 69.9 Å². The maximum absolute atomic E-state index is 13.1. The Bertz CT molecular complexity index is 1560. The number of carboxylic acid groups (broad SMARTS) is 1. The molecule has 0 saturated heterocycles. The van der Waals surface area contributed by atoms with Crippen LogP contribution >= 0.6 is 0 Å². The molecule has 4 rings (SSSR count). The average molecular weight is 486 g/mol. The van der Waals surface area contributed by atoms with Gasteiger partial charge in [0.15, 0.2) is 11.4 Å². The summed E-state index contributed by atoms with van der Waals surface area (Å²) in [5.41, 5.74) is 4.10. The third kappa shape index (κ3) is 4.68. The van der Waals surface area contributed by atoms with Crippen LogP contribution < -0.4 is 5.56 Å². The molecule has 0 amide bonds. The summed E-state index contributed by atoms with van der Waals surface area (Å²) >= 11 is 0. The number of rotatable bonds is 5. The molecule has 0 bridgehead atoms. The van der Waals surface area contributed by atoms with Gasteiger partial charge in [-0.3, -0.25) is 14.9 Å². The van der Waals surface area contributed by atoms with Gasteiger partial charge in [-0.1, -0.05) is 39.0 Å². The van der Waals surface area contributed by atoms with Crippen LogP contribution in [-0.2, 0) is 5.41 Å². The Morgan fingerprint density at radius 1 is 1.06 bits per heavy atom. The van der Waals surface area contributed by atoms with Crippen LogP contribution in [0, 0.1) is 13.8 Å². The number of hydrogen-bond acceptors (Lipinski definition) is 6. The second-order valence-electron chi connectivity index (χ2n) is 9.62. The molecule has 2 aromatic carbocycles. The van der Waals surface area contributed by atoms with Crippen molar-refractivity contribution in [2.75, 3.05) is 0 Å². The van der Waals surface area contributed by atoms with Crippen LogP contribution in [0.5, 0.6) is 5.75 Å². The van der Waals surface area contributed by atoms with Crippen molar-refractivity contribution in [3.05, 3.63) is 87.6 Å². The van der Waals surface area contributed by atoms with E-state index >= 15 is 0 Å². The molecule has 2 aromatic heterocycles. The molecular formula is C27H27N5O4. The Kier molecular flexibility index (Phi) is 6.32. The van der Waals surface area contributed by atoms with E-state index in [0.717, 1.165) is 5.56 Å². The first kappa shape index (κ1) is 24.6. The number of carboxylic acids is 1. The zero-order valence-corrected chi connectivity index (χ0v) is 20.7. The summed E-state index contributed by atoms with van der Waals surface area (Å²) < 4.78 is 1.42. The van der Waals surface area contributed by atoms with E-state index in [2.05, 4.69) is 41.1 Å². The number of phenols is 1. The zero-order valence-electron chi connectivity index (χ0n) is 20.7. The Morgan fingerprint density at radius 2 is 1.81 bits per heavy atom. The molecule has 3 N–H and O–H groups in total. The van der Waals surface area contributed by atoms with Crippen LogP contribution in [0.4, 0.5) is 11.4 Å². The molecule has 0 saturated carbocycles. The molecular weight excluding hydrogens is 458 g/mol. The highest BCUT2D eigenvalue weighted by Crippen LogP contribution is 2.38. The number of hydrogen-bond donors (Lipinski definition) is 3. The minimum Gasteiger partial charge on any atom is -0.505 e. The normalized spacial score (nSPS) is 11.8. The fourth-order valence-electron chi connectivity index (χ4n) is 4.12. The van der Waals surface area contributed by atoms with Gasteiger partial charge in [0.2, 0.25) is 0 Å². The maximum Gasteiger partial charge on any atom is 0.337 e. The van der Waals surface area contributed by atoms with Gasteiger partial charge in [-0.15, -0.1) is 10.2 Å². The van der Waals surface area contributed by atoms with E-state index in [4.69, 9.17) is 0 Å². The molecule has 0 aliphatic heterocycles. The fourth-order valence-corrected chi connectivity index (χ4v) is 4.12. The highest BCUT2D eigenvalue weighted by atomic mass is 16.4. The van der Waals surface area contributed by atoms with Crippen LogP contribution in [0.25, 0.3) is 16.8 Å². The lowest BCUT2D eigenvalue weighted by Crippen LogP contribution is -2.16. The molecule has 9 heteroatoms. The van der Waals surface area contributed by atoms with Crippen molar-refractivity contribution in [2.24, 2.45) is 10.2 Å². The van der Waals surface area contributed by atoms with Crippen molar-refractivity contribution in [3.8, 4) is 22.6 Å². The number of para-hydroxylation sites is 1. The molecule has 9 nitrogen and oxygen atoms in total. The van der Waals surface area contributed by atoms with E-state index < -0.39 is 5.97 Å². The highest BCUT2D eigenvalue weighted by Gasteiger charge is 2.18. The average Bonchev–Trinajstić information content (AvgIpc) is 3.10. The predicted octanol–water partition coefficient (Wildman–Crippen LogP) is 5.96. The summed E-state index contributed by atoms with van der Waals surface area (Å²) in [6.45, 7) is 10.2. The number of nitrogens with one attached hydrogen (secondary N) is 1. The Balaban J connectivity index is 1.69. The molecule has 0 spiro atoms. The number of aromatic nitrogens is 3. The smallest absolute Gasteiger partial charge is 0.337 e. The Hall–Kier alpha value is -4.53. The topological polar surface area (TPSA) is 133 Å². The molecule has 2 heterocycles. The van der Waals surface area contributed by atoms with Crippen LogP contribution in [-0.4, -0.2) is 30.9 Å². The molecule has 4 aromatic rings. The first-order chi connectivity index (χ1) is 17.0. The standard InChI is InChI=1S/C27H27N5O4/c1-15-11-19(9-10-21(15)27(3,4)5)32-25(34)23(16(2)31-32)30-29-22-8-6-7-20(24(22)33)17-12-18(26(35)36)14-28-13-17/h6-14,31,33H,1-5H3,(H,35,36). The van der Waals surface area contributed by atoms with Crippen molar-refractivity contribution >= 4 is 17.3 Å². The molecule has 0 aliphatic rings. The third-order valence-corrected chi connectivity index (χ3v) is 5.89. The van der Waals surface area contributed by atoms with Gasteiger partial charge in [0.25, 0.3) is 5.56 Å². The number of carbonyl (C=O) groups is 1.